The van der Waals surface area contributed by atoms with Crippen LogP contribution in [0.4, 0.5) is 0 Å². The topological polar surface area (TPSA) is 12.0 Å². The van der Waals surface area contributed by atoms with Gasteiger partial charge in [-0.2, -0.15) is 0 Å². The summed E-state index contributed by atoms with van der Waals surface area (Å²) in [6, 6.07) is 8.71. The average Bonchev–Trinajstić information content (AvgIpc) is 2.68. The van der Waals surface area contributed by atoms with Gasteiger partial charge in [-0.25, -0.2) is 0 Å². The van der Waals surface area contributed by atoms with Crippen LogP contribution >= 0.6 is 11.6 Å². The van der Waals surface area contributed by atoms with E-state index in [4.69, 9.17) is 11.6 Å². The van der Waals surface area contributed by atoms with Gasteiger partial charge in [0.2, 0.25) is 0 Å². The Kier molecular flexibility index (Phi) is 3.50. The van der Waals surface area contributed by atoms with Crippen molar-refractivity contribution in [2.75, 3.05) is 6.54 Å². The normalized spacial score (nSPS) is 22.8. The molecular formula is C16H24ClN. The Morgan fingerprint density at radius 1 is 1.11 bits per heavy atom. The number of halogens is 1. The van der Waals surface area contributed by atoms with Gasteiger partial charge in [-0.15, -0.1) is 0 Å². The Morgan fingerprint density at radius 3 is 2.00 bits per heavy atom. The lowest BCUT2D eigenvalue weighted by Gasteiger charge is -2.21. The third-order valence-corrected chi connectivity index (χ3v) is 5.37. The first-order chi connectivity index (χ1) is 8.32. The number of hydrogen-bond acceptors (Lipinski definition) is 1. The van der Waals surface area contributed by atoms with Crippen molar-refractivity contribution in [1.29, 1.82) is 0 Å². The molecule has 0 radical (unpaired) electrons. The highest BCUT2D eigenvalue weighted by molar-refractivity contribution is 6.30. The summed E-state index contributed by atoms with van der Waals surface area (Å²) in [7, 11) is 0. The highest BCUT2D eigenvalue weighted by Crippen LogP contribution is 2.72. The Hall–Kier alpha value is -0.530. The van der Waals surface area contributed by atoms with Crippen LogP contribution in [-0.2, 0) is 0 Å². The Labute approximate surface area is 116 Å². The van der Waals surface area contributed by atoms with E-state index < -0.39 is 0 Å². The molecule has 1 nitrogen and oxygen atoms in total. The standard InChI is InChI=1S/C16H24ClN/c1-6-18-13(11-7-9-12(17)10-8-11)14-15(2,3)16(14,4)5/h7-10,13-14,18H,6H2,1-5H3. The molecule has 0 amide bonds. The lowest BCUT2D eigenvalue weighted by atomic mass is 9.96. The molecule has 1 aliphatic rings. The van der Waals surface area contributed by atoms with Crippen LogP contribution in [0.3, 0.4) is 0 Å². The third-order valence-electron chi connectivity index (χ3n) is 5.12. The van der Waals surface area contributed by atoms with Crippen LogP contribution in [0.1, 0.15) is 46.2 Å². The van der Waals surface area contributed by atoms with Crippen molar-refractivity contribution in [2.45, 2.75) is 40.7 Å². The smallest absolute Gasteiger partial charge is 0.0406 e. The van der Waals surface area contributed by atoms with E-state index in [1.54, 1.807) is 0 Å². The predicted octanol–water partition coefficient (Wildman–Crippen LogP) is 4.67. The van der Waals surface area contributed by atoms with Gasteiger partial charge in [0.05, 0.1) is 0 Å². The second-order valence-corrected chi connectivity index (χ2v) is 6.94. The molecule has 1 unspecified atom stereocenters. The summed E-state index contributed by atoms with van der Waals surface area (Å²) in [6.45, 7) is 12.7. The molecule has 1 N–H and O–H groups in total. The van der Waals surface area contributed by atoms with E-state index in [1.807, 2.05) is 12.1 Å². The molecule has 0 aromatic heterocycles. The molecule has 0 aliphatic heterocycles. The maximum Gasteiger partial charge on any atom is 0.0406 e. The molecule has 0 heterocycles. The van der Waals surface area contributed by atoms with Crippen LogP contribution in [0.25, 0.3) is 0 Å². The molecular weight excluding hydrogens is 242 g/mol. The van der Waals surface area contributed by atoms with E-state index >= 15 is 0 Å². The summed E-state index contributed by atoms with van der Waals surface area (Å²) in [5, 5.41) is 4.46. The van der Waals surface area contributed by atoms with Crippen molar-refractivity contribution in [3.05, 3.63) is 34.9 Å². The predicted molar refractivity (Wildman–Crippen MR) is 78.9 cm³/mol. The zero-order chi connectivity index (χ0) is 13.6. The Balaban J connectivity index is 2.28. The van der Waals surface area contributed by atoms with Gasteiger partial charge in [-0.05, 0) is 41.0 Å². The Bertz CT molecular complexity index is 405. The molecule has 2 rings (SSSR count). The highest BCUT2D eigenvalue weighted by atomic mass is 35.5. The van der Waals surface area contributed by atoms with Crippen molar-refractivity contribution in [3.63, 3.8) is 0 Å². The molecule has 2 heteroatoms. The van der Waals surface area contributed by atoms with E-state index in [1.165, 1.54) is 5.56 Å². The van der Waals surface area contributed by atoms with Crippen molar-refractivity contribution in [1.82, 2.24) is 5.32 Å². The summed E-state index contributed by atoms with van der Waals surface area (Å²) < 4.78 is 0. The first-order valence-electron chi connectivity index (χ1n) is 6.81. The van der Waals surface area contributed by atoms with Crippen LogP contribution in [-0.4, -0.2) is 6.54 Å². The molecule has 0 spiro atoms. The average molecular weight is 266 g/mol. The van der Waals surface area contributed by atoms with Crippen LogP contribution < -0.4 is 5.32 Å². The highest BCUT2D eigenvalue weighted by Gasteiger charge is 2.67. The summed E-state index contributed by atoms with van der Waals surface area (Å²) >= 11 is 5.98. The van der Waals surface area contributed by atoms with Crippen molar-refractivity contribution in [2.24, 2.45) is 16.7 Å². The fourth-order valence-electron chi connectivity index (χ4n) is 3.40. The van der Waals surface area contributed by atoms with Gasteiger partial charge < -0.3 is 5.32 Å². The van der Waals surface area contributed by atoms with Gasteiger partial charge in [-0.1, -0.05) is 58.4 Å². The summed E-state index contributed by atoms with van der Waals surface area (Å²) in [6.07, 6.45) is 0. The molecule has 1 fully saturated rings. The van der Waals surface area contributed by atoms with E-state index in [9.17, 15) is 0 Å². The van der Waals surface area contributed by atoms with Gasteiger partial charge in [0.1, 0.15) is 0 Å². The first-order valence-corrected chi connectivity index (χ1v) is 7.19. The van der Waals surface area contributed by atoms with E-state index in [-0.39, 0.29) is 0 Å². The second-order valence-electron chi connectivity index (χ2n) is 6.51. The SMILES string of the molecule is CCNC(c1ccc(Cl)cc1)C1C(C)(C)C1(C)C. The summed E-state index contributed by atoms with van der Waals surface area (Å²) in [5.74, 6) is 0.672. The lowest BCUT2D eigenvalue weighted by Crippen LogP contribution is -2.25. The number of hydrogen-bond donors (Lipinski definition) is 1. The fourth-order valence-corrected chi connectivity index (χ4v) is 3.52. The second kappa shape index (κ2) is 4.54. The Morgan fingerprint density at radius 2 is 1.61 bits per heavy atom. The zero-order valence-electron chi connectivity index (χ0n) is 12.0. The molecule has 0 saturated heterocycles. The molecule has 18 heavy (non-hydrogen) atoms. The number of benzene rings is 1. The zero-order valence-corrected chi connectivity index (χ0v) is 12.8. The summed E-state index contributed by atoms with van der Waals surface area (Å²) in [5.41, 5.74) is 2.13. The van der Waals surface area contributed by atoms with Crippen molar-refractivity contribution < 1.29 is 0 Å². The lowest BCUT2D eigenvalue weighted by molar-refractivity contribution is 0.418. The first kappa shape index (κ1) is 13.9. The molecule has 1 aliphatic carbocycles. The minimum Gasteiger partial charge on any atom is -0.310 e. The molecule has 1 saturated carbocycles. The molecule has 100 valence electrons. The third kappa shape index (κ3) is 2.08. The quantitative estimate of drug-likeness (QED) is 0.834. The van der Waals surface area contributed by atoms with Crippen LogP contribution in [0.5, 0.6) is 0 Å². The summed E-state index contributed by atoms with van der Waals surface area (Å²) in [4.78, 5) is 0. The molecule has 1 atom stereocenters. The largest absolute Gasteiger partial charge is 0.310 e. The molecule has 0 bridgehead atoms. The van der Waals surface area contributed by atoms with Crippen LogP contribution in [0, 0.1) is 16.7 Å². The monoisotopic (exact) mass is 265 g/mol. The van der Waals surface area contributed by atoms with Gasteiger partial charge in [0.15, 0.2) is 0 Å². The van der Waals surface area contributed by atoms with E-state index in [2.05, 4.69) is 52.1 Å². The maximum atomic E-state index is 5.98. The number of rotatable bonds is 4. The van der Waals surface area contributed by atoms with E-state index in [0.29, 0.717) is 22.8 Å². The minimum absolute atomic E-state index is 0.388. The number of nitrogens with one attached hydrogen (secondary N) is 1. The van der Waals surface area contributed by atoms with Crippen molar-refractivity contribution >= 4 is 11.6 Å². The fraction of sp³-hybridized carbons (Fsp3) is 0.625. The molecule has 1 aromatic rings. The van der Waals surface area contributed by atoms with Gasteiger partial charge in [0.25, 0.3) is 0 Å². The van der Waals surface area contributed by atoms with Gasteiger partial charge in [-0.3, -0.25) is 0 Å². The van der Waals surface area contributed by atoms with Crippen LogP contribution in [0.2, 0.25) is 5.02 Å². The maximum absolute atomic E-state index is 5.98. The van der Waals surface area contributed by atoms with Crippen molar-refractivity contribution in [3.8, 4) is 0 Å². The molecule has 1 aromatic carbocycles. The van der Waals surface area contributed by atoms with Crippen LogP contribution in [0.15, 0.2) is 24.3 Å². The van der Waals surface area contributed by atoms with Gasteiger partial charge >= 0.3 is 0 Å². The minimum atomic E-state index is 0.388. The van der Waals surface area contributed by atoms with E-state index in [0.717, 1.165) is 11.6 Å². The van der Waals surface area contributed by atoms with Gasteiger partial charge in [0, 0.05) is 11.1 Å².